The molecule has 1 aromatic rings. The Bertz CT molecular complexity index is 616. The third kappa shape index (κ3) is 4.54. The highest BCUT2D eigenvalue weighted by Gasteiger charge is 2.43. The normalized spacial score (nSPS) is 16.2. The maximum Gasteiger partial charge on any atom is 0.471 e. The molecule has 0 unspecified atom stereocenters. The summed E-state index contributed by atoms with van der Waals surface area (Å²) in [5.41, 5.74) is -0.377. The van der Waals surface area contributed by atoms with Crippen molar-refractivity contribution >= 4 is 11.8 Å². The molecule has 2 rings (SSSR count). The van der Waals surface area contributed by atoms with Crippen molar-refractivity contribution in [2.45, 2.75) is 19.0 Å². The molecule has 0 radical (unpaired) electrons. The Labute approximate surface area is 128 Å². The number of halogens is 3. The average molecular weight is 332 g/mol. The summed E-state index contributed by atoms with van der Waals surface area (Å²) in [5, 5.41) is 8.32. The molecular weight excluding hydrogens is 317 g/mol. The Kier molecular flexibility index (Phi) is 5.02. The summed E-state index contributed by atoms with van der Waals surface area (Å²) in [6.45, 7) is 0.291. The number of likely N-dealkylation sites (tertiary alicyclic amines) is 1. The summed E-state index contributed by atoms with van der Waals surface area (Å²) >= 11 is 0. The van der Waals surface area contributed by atoms with Crippen molar-refractivity contribution in [2.24, 2.45) is 5.92 Å². The Hall–Kier alpha value is -2.39. The number of rotatable bonds is 3. The molecule has 0 saturated carbocycles. The highest BCUT2D eigenvalue weighted by Crippen LogP contribution is 2.23. The van der Waals surface area contributed by atoms with E-state index in [4.69, 9.17) is 0 Å². The average Bonchev–Trinajstić information content (AvgIpc) is 2.52. The van der Waals surface area contributed by atoms with Gasteiger partial charge in [0.2, 0.25) is 0 Å². The first-order chi connectivity index (χ1) is 10.8. The van der Waals surface area contributed by atoms with Crippen LogP contribution in [-0.4, -0.2) is 52.7 Å². The molecule has 0 bridgehead atoms. The van der Waals surface area contributed by atoms with Crippen molar-refractivity contribution in [1.29, 1.82) is 0 Å². The van der Waals surface area contributed by atoms with Gasteiger partial charge in [0.15, 0.2) is 0 Å². The van der Waals surface area contributed by atoms with Crippen molar-refractivity contribution in [3.63, 3.8) is 0 Å². The van der Waals surface area contributed by atoms with Gasteiger partial charge < -0.3 is 10.2 Å². The number of nitrogens with zero attached hydrogens (tertiary/aromatic N) is 2. The van der Waals surface area contributed by atoms with E-state index < -0.39 is 23.5 Å². The van der Waals surface area contributed by atoms with E-state index in [0.717, 1.165) is 4.90 Å². The smallest absolute Gasteiger partial charge is 0.350 e. The molecule has 1 aliphatic heterocycles. The number of aromatic nitrogens is 2. The van der Waals surface area contributed by atoms with Crippen LogP contribution in [0.3, 0.4) is 0 Å². The Morgan fingerprint density at radius 2 is 1.96 bits per heavy atom. The molecule has 23 heavy (non-hydrogen) atoms. The molecular formula is C13H15F3N4O3. The molecule has 1 aliphatic rings. The van der Waals surface area contributed by atoms with Gasteiger partial charge in [-0.25, -0.2) is 5.10 Å². The van der Waals surface area contributed by atoms with Crippen molar-refractivity contribution < 1.29 is 22.8 Å². The third-order valence-electron chi connectivity index (χ3n) is 3.61. The Morgan fingerprint density at radius 1 is 1.30 bits per heavy atom. The highest BCUT2D eigenvalue weighted by atomic mass is 19.4. The number of hydrogen-bond donors (Lipinski definition) is 2. The fraction of sp³-hybridized carbons (Fsp3) is 0.538. The molecule has 2 heterocycles. The molecule has 1 fully saturated rings. The molecule has 1 aromatic heterocycles. The maximum atomic E-state index is 12.3. The van der Waals surface area contributed by atoms with Crippen LogP contribution in [0.1, 0.15) is 23.3 Å². The van der Waals surface area contributed by atoms with Crippen LogP contribution in [-0.2, 0) is 4.79 Å². The van der Waals surface area contributed by atoms with Crippen LogP contribution in [0.5, 0.6) is 0 Å². The summed E-state index contributed by atoms with van der Waals surface area (Å²) in [6.07, 6.45) is -4.10. The molecule has 0 aliphatic carbocycles. The maximum absolute atomic E-state index is 12.3. The van der Waals surface area contributed by atoms with Crippen LogP contribution in [0.15, 0.2) is 16.9 Å². The van der Waals surface area contributed by atoms with E-state index in [1.54, 1.807) is 0 Å². The first-order valence-corrected chi connectivity index (χ1v) is 6.97. The fourth-order valence-corrected chi connectivity index (χ4v) is 2.32. The van der Waals surface area contributed by atoms with Gasteiger partial charge >= 0.3 is 12.1 Å². The SMILES string of the molecule is O=C(NCC1CCN(C(=O)C(F)(F)F)CC1)c1ccc(=O)[nH]n1. The van der Waals surface area contributed by atoms with E-state index in [-0.39, 0.29) is 31.2 Å². The van der Waals surface area contributed by atoms with Crippen molar-refractivity contribution in [1.82, 2.24) is 20.4 Å². The standard InChI is InChI=1S/C13H15F3N4O3/c14-13(15,16)12(23)20-5-3-8(4-6-20)7-17-11(22)9-1-2-10(21)19-18-9/h1-2,8H,3-7H2,(H,17,22)(H,19,21). The molecule has 126 valence electrons. The van der Waals surface area contributed by atoms with Crippen LogP contribution in [0.2, 0.25) is 0 Å². The van der Waals surface area contributed by atoms with Crippen molar-refractivity contribution in [3.8, 4) is 0 Å². The Morgan fingerprint density at radius 3 is 2.48 bits per heavy atom. The topological polar surface area (TPSA) is 95.2 Å². The van der Waals surface area contributed by atoms with Gasteiger partial charge in [-0.3, -0.25) is 14.4 Å². The molecule has 2 N–H and O–H groups in total. The molecule has 0 atom stereocenters. The lowest BCUT2D eigenvalue weighted by Crippen LogP contribution is -2.46. The number of amides is 2. The van der Waals surface area contributed by atoms with Gasteiger partial charge in [-0.2, -0.15) is 18.3 Å². The largest absolute Gasteiger partial charge is 0.471 e. The second-order valence-electron chi connectivity index (χ2n) is 5.25. The van der Waals surface area contributed by atoms with E-state index in [9.17, 15) is 27.6 Å². The second-order valence-corrected chi connectivity index (χ2v) is 5.25. The lowest BCUT2D eigenvalue weighted by molar-refractivity contribution is -0.186. The zero-order valence-corrected chi connectivity index (χ0v) is 12.0. The van der Waals surface area contributed by atoms with Crippen LogP contribution in [0.25, 0.3) is 0 Å². The lowest BCUT2D eigenvalue weighted by Gasteiger charge is -2.32. The monoisotopic (exact) mass is 332 g/mol. The zero-order valence-electron chi connectivity index (χ0n) is 12.0. The molecule has 1 saturated heterocycles. The summed E-state index contributed by atoms with van der Waals surface area (Å²) < 4.78 is 37.0. The second kappa shape index (κ2) is 6.80. The zero-order chi connectivity index (χ0) is 17.0. The molecule has 0 aromatic carbocycles. The lowest BCUT2D eigenvalue weighted by atomic mass is 9.96. The Balaban J connectivity index is 1.78. The van der Waals surface area contributed by atoms with Crippen LogP contribution < -0.4 is 10.9 Å². The minimum Gasteiger partial charge on any atom is -0.350 e. The number of carbonyl (C=O) groups excluding carboxylic acids is 2. The fourth-order valence-electron chi connectivity index (χ4n) is 2.32. The van der Waals surface area contributed by atoms with Crippen molar-refractivity contribution in [2.75, 3.05) is 19.6 Å². The van der Waals surface area contributed by atoms with Crippen LogP contribution >= 0.6 is 0 Å². The van der Waals surface area contributed by atoms with Gasteiger partial charge in [-0.05, 0) is 24.8 Å². The third-order valence-corrected chi connectivity index (χ3v) is 3.61. The number of hydrogen-bond acceptors (Lipinski definition) is 4. The molecule has 2 amide bonds. The number of nitrogens with one attached hydrogen (secondary N) is 2. The van der Waals surface area contributed by atoms with E-state index in [1.165, 1.54) is 12.1 Å². The summed E-state index contributed by atoms with van der Waals surface area (Å²) in [5.74, 6) is -2.31. The molecule has 0 spiro atoms. The molecule has 7 nitrogen and oxygen atoms in total. The van der Waals surface area contributed by atoms with Crippen molar-refractivity contribution in [3.05, 3.63) is 28.2 Å². The first kappa shape index (κ1) is 17.0. The number of aromatic amines is 1. The van der Waals surface area contributed by atoms with E-state index in [1.807, 2.05) is 0 Å². The minimum absolute atomic E-state index is 0.00971. The molecule has 10 heteroatoms. The number of carbonyl (C=O) groups is 2. The van der Waals surface area contributed by atoms with Crippen LogP contribution in [0.4, 0.5) is 13.2 Å². The number of H-pyrrole nitrogens is 1. The van der Waals surface area contributed by atoms with Gasteiger partial charge in [0.25, 0.3) is 11.5 Å². The van der Waals surface area contributed by atoms with Gasteiger partial charge in [0.05, 0.1) is 0 Å². The number of alkyl halides is 3. The summed E-state index contributed by atoms with van der Waals surface area (Å²) in [6, 6.07) is 2.45. The highest BCUT2D eigenvalue weighted by molar-refractivity contribution is 5.91. The summed E-state index contributed by atoms with van der Waals surface area (Å²) in [4.78, 5) is 34.5. The van der Waals surface area contributed by atoms with Gasteiger partial charge in [0, 0.05) is 25.7 Å². The minimum atomic E-state index is -4.85. The van der Waals surface area contributed by atoms with E-state index in [2.05, 4.69) is 15.5 Å². The quantitative estimate of drug-likeness (QED) is 0.832. The van der Waals surface area contributed by atoms with Gasteiger partial charge in [-0.15, -0.1) is 0 Å². The predicted octanol–water partition coefficient (Wildman–Crippen LogP) is 0.301. The summed E-state index contributed by atoms with van der Waals surface area (Å²) in [7, 11) is 0. The van der Waals surface area contributed by atoms with E-state index in [0.29, 0.717) is 12.8 Å². The van der Waals surface area contributed by atoms with E-state index >= 15 is 0 Å². The van der Waals surface area contributed by atoms with Gasteiger partial charge in [0.1, 0.15) is 5.69 Å². The van der Waals surface area contributed by atoms with Crippen LogP contribution in [0, 0.1) is 5.92 Å². The number of piperidine rings is 1. The first-order valence-electron chi connectivity index (χ1n) is 6.97. The van der Waals surface area contributed by atoms with Gasteiger partial charge in [-0.1, -0.05) is 0 Å². The predicted molar refractivity (Wildman–Crippen MR) is 72.5 cm³/mol.